The predicted octanol–water partition coefficient (Wildman–Crippen LogP) is 5.21. The summed E-state index contributed by atoms with van der Waals surface area (Å²) in [7, 11) is -5.78. The first kappa shape index (κ1) is 33.0. The summed E-state index contributed by atoms with van der Waals surface area (Å²) in [5.74, 6) is -0.191. The minimum atomic E-state index is -4.59. The van der Waals surface area contributed by atoms with Crippen LogP contribution < -0.4 is 23.8 Å². The second-order valence-electron chi connectivity index (χ2n) is 9.44. The number of nitro benzene ring substituents is 1. The molecule has 16 heteroatoms. The molecule has 1 amide bonds. The smallest absolute Gasteiger partial charge is 0.273 e. The Bertz CT molecular complexity index is 1950. The number of hydrogen-bond donors (Lipinski definition) is 2. The lowest BCUT2D eigenvalue weighted by Gasteiger charge is -2.26. The van der Waals surface area contributed by atoms with Crippen LogP contribution >= 0.6 is 11.6 Å². The molecule has 4 aromatic carbocycles. The number of sulfonamides is 2. The zero-order valence-corrected chi connectivity index (χ0v) is 26.4. The summed E-state index contributed by atoms with van der Waals surface area (Å²) >= 11 is 6.16. The molecule has 0 aliphatic heterocycles. The van der Waals surface area contributed by atoms with Gasteiger partial charge in [-0.15, -0.1) is 0 Å². The van der Waals surface area contributed by atoms with Crippen LogP contribution in [0.3, 0.4) is 0 Å². The minimum absolute atomic E-state index is 0.0660. The number of carbonyl (C=O) groups is 1. The number of ether oxygens (including phenoxy) is 2. The quantitative estimate of drug-likeness (QED) is 0.151. The van der Waals surface area contributed by atoms with Gasteiger partial charge in [0, 0.05) is 28.0 Å². The molecule has 0 bridgehead atoms. The summed E-state index contributed by atoms with van der Waals surface area (Å²) < 4.78 is 67.0. The molecule has 2 N–H and O–H groups in total. The van der Waals surface area contributed by atoms with Crippen molar-refractivity contribution in [1.82, 2.24) is 0 Å². The summed E-state index contributed by atoms with van der Waals surface area (Å²) in [6.07, 6.45) is 0. The number of carbonyl (C=O) groups excluding carboxylic acids is 1. The van der Waals surface area contributed by atoms with Crippen LogP contribution in [0.5, 0.6) is 11.5 Å². The second kappa shape index (κ2) is 13.4. The number of nitrogens with zero attached hydrogens (tertiary/aromatic N) is 2. The third-order valence-corrected chi connectivity index (χ3v) is 9.84. The first-order valence-electron chi connectivity index (χ1n) is 12.9. The Labute approximate surface area is 264 Å². The van der Waals surface area contributed by atoms with Crippen molar-refractivity contribution in [3.63, 3.8) is 0 Å². The number of nitrogens with one attached hydrogen (secondary N) is 2. The molecule has 4 aromatic rings. The number of aryl methyl sites for hydroxylation is 1. The first-order chi connectivity index (χ1) is 21.2. The standard InChI is InChI=1S/C29H27ClN4O9S2/c1-19-4-12-25(17-26(19)34(36)37)45(40,41)33(27-16-20(30)5-15-28(27)43-3)18-29(35)31-21-8-13-24(14-9-21)44(38,39)32-22-6-10-23(42-2)11-7-22/h4-17,32H,18H2,1-3H3,(H,31,35). The molecule has 0 unspecified atom stereocenters. The molecule has 0 aromatic heterocycles. The van der Waals surface area contributed by atoms with Crippen molar-refractivity contribution in [3.8, 4) is 11.5 Å². The second-order valence-corrected chi connectivity index (χ2v) is 13.4. The highest BCUT2D eigenvalue weighted by Gasteiger charge is 2.31. The van der Waals surface area contributed by atoms with Crippen molar-refractivity contribution in [1.29, 1.82) is 0 Å². The van der Waals surface area contributed by atoms with Crippen molar-refractivity contribution in [2.45, 2.75) is 16.7 Å². The maximum absolute atomic E-state index is 13.9. The number of halogens is 1. The van der Waals surface area contributed by atoms with Gasteiger partial charge in [0.2, 0.25) is 5.91 Å². The number of amides is 1. The minimum Gasteiger partial charge on any atom is -0.497 e. The average molecular weight is 675 g/mol. The van der Waals surface area contributed by atoms with Gasteiger partial charge < -0.3 is 14.8 Å². The Hall–Kier alpha value is -4.86. The fourth-order valence-corrected chi connectivity index (χ4v) is 6.82. The zero-order chi connectivity index (χ0) is 32.9. The highest BCUT2D eigenvalue weighted by atomic mass is 35.5. The number of benzene rings is 4. The number of methoxy groups -OCH3 is 2. The Morgan fingerprint density at radius 2 is 1.49 bits per heavy atom. The Kier molecular flexibility index (Phi) is 9.85. The predicted molar refractivity (Wildman–Crippen MR) is 169 cm³/mol. The van der Waals surface area contributed by atoms with Gasteiger partial charge in [0.05, 0.1) is 34.6 Å². The monoisotopic (exact) mass is 674 g/mol. The molecule has 0 radical (unpaired) electrons. The van der Waals surface area contributed by atoms with E-state index in [1.807, 2.05) is 0 Å². The van der Waals surface area contributed by atoms with Gasteiger partial charge in [-0.3, -0.25) is 23.9 Å². The lowest BCUT2D eigenvalue weighted by molar-refractivity contribution is -0.385. The summed E-state index contributed by atoms with van der Waals surface area (Å²) in [4.78, 5) is 23.5. The number of anilines is 3. The van der Waals surface area contributed by atoms with Gasteiger partial charge in [-0.2, -0.15) is 0 Å². The van der Waals surface area contributed by atoms with Gasteiger partial charge in [0.1, 0.15) is 18.0 Å². The van der Waals surface area contributed by atoms with Crippen LogP contribution in [0.1, 0.15) is 5.56 Å². The van der Waals surface area contributed by atoms with Gasteiger partial charge in [-0.25, -0.2) is 16.8 Å². The van der Waals surface area contributed by atoms with Crippen molar-refractivity contribution in [2.24, 2.45) is 0 Å². The molecule has 0 heterocycles. The van der Waals surface area contributed by atoms with Crippen LogP contribution in [0.15, 0.2) is 94.7 Å². The van der Waals surface area contributed by atoms with Crippen LogP contribution in [-0.4, -0.2) is 48.4 Å². The van der Waals surface area contributed by atoms with Crippen molar-refractivity contribution in [2.75, 3.05) is 35.1 Å². The highest BCUT2D eigenvalue weighted by Crippen LogP contribution is 2.36. The topological polar surface area (TPSA) is 174 Å². The highest BCUT2D eigenvalue weighted by molar-refractivity contribution is 7.93. The first-order valence-corrected chi connectivity index (χ1v) is 16.2. The molecule has 4 rings (SSSR count). The molecule has 45 heavy (non-hydrogen) atoms. The van der Waals surface area contributed by atoms with Gasteiger partial charge in [0.25, 0.3) is 25.7 Å². The summed E-state index contributed by atoms with van der Waals surface area (Å²) in [5, 5.41) is 14.2. The molecule has 0 atom stereocenters. The molecular weight excluding hydrogens is 648 g/mol. The van der Waals surface area contributed by atoms with Gasteiger partial charge >= 0.3 is 0 Å². The van der Waals surface area contributed by atoms with Crippen molar-refractivity contribution < 1.29 is 36.0 Å². The summed E-state index contributed by atoms with van der Waals surface area (Å²) in [6, 6.07) is 19.0. The van der Waals surface area contributed by atoms with Crippen LogP contribution in [0, 0.1) is 17.0 Å². The van der Waals surface area contributed by atoms with Gasteiger partial charge in [0.15, 0.2) is 0 Å². The van der Waals surface area contributed by atoms with E-state index in [9.17, 15) is 31.7 Å². The largest absolute Gasteiger partial charge is 0.497 e. The molecule has 236 valence electrons. The van der Waals surface area contributed by atoms with E-state index in [0.29, 0.717) is 11.4 Å². The molecule has 0 aliphatic carbocycles. The average Bonchev–Trinajstić information content (AvgIpc) is 3.00. The lowest BCUT2D eigenvalue weighted by Crippen LogP contribution is -2.38. The fourth-order valence-electron chi connectivity index (χ4n) is 4.15. The molecule has 0 fully saturated rings. The van der Waals surface area contributed by atoms with Crippen LogP contribution in [0.4, 0.5) is 22.7 Å². The third-order valence-electron chi connectivity index (χ3n) is 6.45. The van der Waals surface area contributed by atoms with E-state index in [2.05, 4.69) is 10.0 Å². The van der Waals surface area contributed by atoms with E-state index in [4.69, 9.17) is 21.1 Å². The SMILES string of the molecule is COc1ccc(NS(=O)(=O)c2ccc(NC(=O)CN(c3cc(Cl)ccc3OC)S(=O)(=O)c3ccc(C)c([N+](=O)[O-])c3)cc2)cc1. The zero-order valence-electron chi connectivity index (χ0n) is 24.1. The third kappa shape index (κ3) is 7.63. The van der Waals surface area contributed by atoms with Crippen molar-refractivity contribution >= 4 is 60.3 Å². The normalized spacial score (nSPS) is 11.4. The van der Waals surface area contributed by atoms with E-state index >= 15 is 0 Å². The van der Waals surface area contributed by atoms with E-state index in [0.717, 1.165) is 10.4 Å². The fraction of sp³-hybridized carbons (Fsp3) is 0.138. The van der Waals surface area contributed by atoms with E-state index < -0.39 is 48.0 Å². The van der Waals surface area contributed by atoms with E-state index in [-0.39, 0.29) is 32.6 Å². The van der Waals surface area contributed by atoms with Crippen LogP contribution in [-0.2, 0) is 24.8 Å². The van der Waals surface area contributed by atoms with Gasteiger partial charge in [-0.05, 0) is 79.7 Å². The Balaban J connectivity index is 1.61. The molecule has 13 nitrogen and oxygen atoms in total. The van der Waals surface area contributed by atoms with E-state index in [1.165, 1.54) is 87.9 Å². The summed E-state index contributed by atoms with van der Waals surface area (Å²) in [6.45, 7) is 0.672. The van der Waals surface area contributed by atoms with Crippen LogP contribution in [0.25, 0.3) is 0 Å². The molecule has 0 spiro atoms. The molecule has 0 saturated heterocycles. The molecular formula is C29H27ClN4O9S2. The number of hydrogen-bond acceptors (Lipinski definition) is 9. The number of nitro groups is 1. The van der Waals surface area contributed by atoms with Gasteiger partial charge in [-0.1, -0.05) is 17.7 Å². The van der Waals surface area contributed by atoms with Crippen molar-refractivity contribution in [3.05, 3.63) is 106 Å². The number of rotatable bonds is 12. The Morgan fingerprint density at radius 3 is 2.09 bits per heavy atom. The maximum Gasteiger partial charge on any atom is 0.273 e. The summed E-state index contributed by atoms with van der Waals surface area (Å²) in [5.41, 5.74) is 0.215. The maximum atomic E-state index is 13.9. The molecule has 0 aliphatic rings. The van der Waals surface area contributed by atoms with Crippen LogP contribution in [0.2, 0.25) is 5.02 Å². The van der Waals surface area contributed by atoms with E-state index in [1.54, 1.807) is 12.1 Å². The Morgan fingerprint density at radius 1 is 0.867 bits per heavy atom. The molecule has 0 saturated carbocycles. The lowest BCUT2D eigenvalue weighted by atomic mass is 10.2.